The number of hydrogen-bond acceptors (Lipinski definition) is 4. The Kier molecular flexibility index (Phi) is 7.69. The van der Waals surface area contributed by atoms with E-state index < -0.39 is 17.8 Å². The lowest BCUT2D eigenvalue weighted by atomic mass is 10.00. The van der Waals surface area contributed by atoms with Crippen molar-refractivity contribution >= 4 is 64.4 Å². The van der Waals surface area contributed by atoms with E-state index >= 15 is 0 Å². The number of rotatable bonds is 6. The van der Waals surface area contributed by atoms with Gasteiger partial charge in [0.25, 0.3) is 11.8 Å². The van der Waals surface area contributed by atoms with Crippen LogP contribution in [0.4, 0.5) is 10.5 Å². The van der Waals surface area contributed by atoms with Crippen molar-refractivity contribution < 1.29 is 19.1 Å². The Morgan fingerprint density at radius 2 is 1.69 bits per heavy atom. The summed E-state index contributed by atoms with van der Waals surface area (Å²) in [6, 6.07) is 14.7. The largest absolute Gasteiger partial charge is 0.494 e. The van der Waals surface area contributed by atoms with Gasteiger partial charge in [0.1, 0.15) is 11.3 Å². The van der Waals surface area contributed by atoms with Crippen molar-refractivity contribution in [1.82, 2.24) is 5.32 Å². The fraction of sp³-hybridized carbons (Fsp3) is 0.148. The van der Waals surface area contributed by atoms with Crippen molar-refractivity contribution in [1.29, 1.82) is 0 Å². The van der Waals surface area contributed by atoms with Gasteiger partial charge in [0.2, 0.25) is 0 Å². The quantitative estimate of drug-likeness (QED) is 0.280. The van der Waals surface area contributed by atoms with E-state index in [1.165, 1.54) is 12.1 Å². The molecule has 4 rings (SSSR count). The third-order valence-corrected chi connectivity index (χ3v) is 6.74. The number of amides is 4. The van der Waals surface area contributed by atoms with E-state index in [0.717, 1.165) is 21.6 Å². The molecule has 0 saturated carbocycles. The van der Waals surface area contributed by atoms with Crippen molar-refractivity contribution in [2.24, 2.45) is 0 Å². The van der Waals surface area contributed by atoms with Gasteiger partial charge in [0.15, 0.2) is 0 Å². The first kappa shape index (κ1) is 25.8. The number of hydrogen-bond donors (Lipinski definition) is 1. The second-order valence-electron chi connectivity index (χ2n) is 8.07. The van der Waals surface area contributed by atoms with Crippen molar-refractivity contribution in [2.45, 2.75) is 20.3 Å². The predicted molar refractivity (Wildman–Crippen MR) is 142 cm³/mol. The molecular weight excluding hydrogens is 523 g/mol. The summed E-state index contributed by atoms with van der Waals surface area (Å²) in [4.78, 5) is 39.2. The molecule has 0 atom stereocenters. The van der Waals surface area contributed by atoms with Gasteiger partial charge in [-0.3, -0.25) is 14.9 Å². The third-order valence-electron chi connectivity index (χ3n) is 5.63. The smallest absolute Gasteiger partial charge is 0.335 e. The number of nitrogens with one attached hydrogen (secondary N) is 1. The molecular formula is C27H21Cl3N2O4. The highest BCUT2D eigenvalue weighted by Gasteiger charge is 2.37. The molecule has 184 valence electrons. The van der Waals surface area contributed by atoms with Gasteiger partial charge >= 0.3 is 6.03 Å². The summed E-state index contributed by atoms with van der Waals surface area (Å²) in [6.07, 6.45) is 1.81. The minimum atomic E-state index is -0.856. The van der Waals surface area contributed by atoms with Gasteiger partial charge in [-0.05, 0) is 66.9 Å². The summed E-state index contributed by atoms with van der Waals surface area (Å²) < 4.78 is 5.82. The molecule has 0 spiro atoms. The highest BCUT2D eigenvalue weighted by molar-refractivity contribution is 6.39. The number of carbonyl (C=O) groups is 3. The predicted octanol–water partition coefficient (Wildman–Crippen LogP) is 6.61. The monoisotopic (exact) mass is 542 g/mol. The Morgan fingerprint density at radius 3 is 2.39 bits per heavy atom. The number of ether oxygens (including phenoxy) is 1. The van der Waals surface area contributed by atoms with E-state index in [1.54, 1.807) is 37.3 Å². The molecule has 4 amide bonds. The van der Waals surface area contributed by atoms with Crippen LogP contribution in [0.25, 0.3) is 6.08 Å². The minimum absolute atomic E-state index is 0.233. The van der Waals surface area contributed by atoms with Gasteiger partial charge in [-0.25, -0.2) is 9.69 Å². The molecule has 0 radical (unpaired) electrons. The minimum Gasteiger partial charge on any atom is -0.494 e. The maximum absolute atomic E-state index is 13.2. The van der Waals surface area contributed by atoms with Gasteiger partial charge in [-0.2, -0.15) is 0 Å². The molecule has 1 saturated heterocycles. The van der Waals surface area contributed by atoms with E-state index in [1.807, 2.05) is 25.1 Å². The Morgan fingerprint density at radius 1 is 0.944 bits per heavy atom. The Labute approximate surface area is 223 Å². The fourth-order valence-corrected chi connectivity index (χ4v) is 4.45. The van der Waals surface area contributed by atoms with E-state index in [4.69, 9.17) is 39.5 Å². The van der Waals surface area contributed by atoms with Crippen molar-refractivity contribution in [3.05, 3.63) is 97.5 Å². The Balaban J connectivity index is 1.73. The Bertz CT molecular complexity index is 1420. The second kappa shape index (κ2) is 10.7. The van der Waals surface area contributed by atoms with Crippen LogP contribution in [0.2, 0.25) is 15.1 Å². The van der Waals surface area contributed by atoms with Gasteiger partial charge in [0, 0.05) is 27.1 Å². The standard InChI is InChI=1S/C27H21Cl3N2O4/c1-3-36-24-12-16(11-23(30)19(24)13-17-6-4-5-7-21(17)28)10-20-25(33)31-27(35)32(26(20)34)18-9-8-15(2)22(29)14-18/h4-12,14H,3,13H2,1-2H3,(H,31,33,35)/b20-10+. The molecule has 9 heteroatoms. The van der Waals surface area contributed by atoms with Crippen LogP contribution >= 0.6 is 34.8 Å². The fourth-order valence-electron chi connectivity index (χ4n) is 3.78. The van der Waals surface area contributed by atoms with Gasteiger partial charge in [-0.15, -0.1) is 0 Å². The zero-order valence-corrected chi connectivity index (χ0v) is 21.7. The van der Waals surface area contributed by atoms with Crippen molar-refractivity contribution in [2.75, 3.05) is 11.5 Å². The zero-order chi connectivity index (χ0) is 26.0. The summed E-state index contributed by atoms with van der Waals surface area (Å²) in [6.45, 7) is 4.02. The number of imide groups is 2. The number of urea groups is 1. The number of anilines is 1. The maximum Gasteiger partial charge on any atom is 0.335 e. The number of carbonyl (C=O) groups excluding carboxylic acids is 3. The first-order valence-corrected chi connectivity index (χ1v) is 12.2. The molecule has 0 unspecified atom stereocenters. The average Bonchev–Trinajstić information content (AvgIpc) is 2.82. The summed E-state index contributed by atoms with van der Waals surface area (Å²) >= 11 is 19.1. The topological polar surface area (TPSA) is 75.7 Å². The molecule has 0 aliphatic carbocycles. The molecule has 1 heterocycles. The third kappa shape index (κ3) is 5.26. The van der Waals surface area contributed by atoms with Crippen LogP contribution in [0.15, 0.2) is 60.2 Å². The molecule has 1 aliphatic rings. The molecule has 3 aromatic rings. The van der Waals surface area contributed by atoms with Crippen LogP contribution in [0.5, 0.6) is 5.75 Å². The van der Waals surface area contributed by atoms with Crippen molar-refractivity contribution in [3.63, 3.8) is 0 Å². The number of nitrogens with zero attached hydrogens (tertiary/aromatic N) is 1. The molecule has 1 N–H and O–H groups in total. The van der Waals surface area contributed by atoms with Crippen LogP contribution in [-0.4, -0.2) is 24.5 Å². The lowest BCUT2D eigenvalue weighted by Crippen LogP contribution is -2.54. The summed E-state index contributed by atoms with van der Waals surface area (Å²) in [5.74, 6) is -1.09. The van der Waals surface area contributed by atoms with E-state index in [-0.39, 0.29) is 11.3 Å². The number of halogens is 3. The van der Waals surface area contributed by atoms with Crippen LogP contribution in [0.1, 0.15) is 29.2 Å². The molecule has 6 nitrogen and oxygen atoms in total. The summed E-state index contributed by atoms with van der Waals surface area (Å²) in [7, 11) is 0. The second-order valence-corrected chi connectivity index (χ2v) is 9.29. The zero-order valence-electron chi connectivity index (χ0n) is 19.4. The highest BCUT2D eigenvalue weighted by atomic mass is 35.5. The van der Waals surface area contributed by atoms with Crippen LogP contribution in [0.3, 0.4) is 0 Å². The first-order chi connectivity index (χ1) is 17.2. The highest BCUT2D eigenvalue weighted by Crippen LogP contribution is 2.34. The summed E-state index contributed by atoms with van der Waals surface area (Å²) in [5.41, 5.74) is 2.85. The lowest BCUT2D eigenvalue weighted by Gasteiger charge is -2.26. The maximum atomic E-state index is 13.2. The molecule has 0 bridgehead atoms. The van der Waals surface area contributed by atoms with E-state index in [9.17, 15) is 14.4 Å². The van der Waals surface area contributed by atoms with Crippen LogP contribution < -0.4 is 15.0 Å². The molecule has 3 aromatic carbocycles. The van der Waals surface area contributed by atoms with Crippen LogP contribution in [0, 0.1) is 6.92 Å². The van der Waals surface area contributed by atoms with E-state index in [2.05, 4.69) is 5.32 Å². The van der Waals surface area contributed by atoms with Crippen molar-refractivity contribution in [3.8, 4) is 5.75 Å². The number of barbiturate groups is 1. The van der Waals surface area contributed by atoms with Gasteiger partial charge in [-0.1, -0.05) is 59.1 Å². The normalized spacial score (nSPS) is 14.9. The average molecular weight is 544 g/mol. The molecule has 1 fully saturated rings. The van der Waals surface area contributed by atoms with Crippen LogP contribution in [-0.2, 0) is 16.0 Å². The first-order valence-electron chi connectivity index (χ1n) is 11.1. The SMILES string of the molecule is CCOc1cc(/C=C2\C(=O)NC(=O)N(c3ccc(C)c(Cl)c3)C2=O)cc(Cl)c1Cc1ccccc1Cl. The molecule has 1 aliphatic heterocycles. The Hall–Kier alpha value is -3.32. The van der Waals surface area contributed by atoms with Gasteiger partial charge < -0.3 is 4.74 Å². The summed E-state index contributed by atoms with van der Waals surface area (Å²) in [5, 5.41) is 3.58. The molecule has 36 heavy (non-hydrogen) atoms. The molecule has 0 aromatic heterocycles. The number of aryl methyl sites for hydroxylation is 1. The van der Waals surface area contributed by atoms with Gasteiger partial charge in [0.05, 0.1) is 12.3 Å². The lowest BCUT2D eigenvalue weighted by molar-refractivity contribution is -0.122. The number of benzene rings is 3. The van der Waals surface area contributed by atoms with E-state index in [0.29, 0.717) is 39.4 Å².